The zero-order chi connectivity index (χ0) is 20.9. The number of carbonyl (C=O) groups is 2. The third-order valence-corrected chi connectivity index (χ3v) is 5.23. The molecule has 0 radical (unpaired) electrons. The Labute approximate surface area is 176 Å². The monoisotopic (exact) mass is 389 g/mol. The first kappa shape index (κ1) is 19.4. The van der Waals surface area contributed by atoms with Crippen molar-refractivity contribution in [1.29, 1.82) is 0 Å². The van der Waals surface area contributed by atoms with Gasteiger partial charge in [0.2, 0.25) is 0 Å². The summed E-state index contributed by atoms with van der Waals surface area (Å²) in [5.74, 6) is 1.12. The van der Waals surface area contributed by atoms with Crippen LogP contribution in [-0.2, 0) is 0 Å². The van der Waals surface area contributed by atoms with Crippen molar-refractivity contribution in [2.24, 2.45) is 0 Å². The molecule has 0 aliphatic heterocycles. The van der Waals surface area contributed by atoms with Crippen molar-refractivity contribution in [3.05, 3.63) is 148 Å². The first-order chi connectivity index (χ1) is 14.6. The highest BCUT2D eigenvalue weighted by atomic mass is 16.1. The molecule has 0 heterocycles. The number of carbonyl (C=O) groups excluding carboxylic acids is 2. The minimum Gasteiger partial charge on any atom is -0.289 e. The van der Waals surface area contributed by atoms with E-state index in [4.69, 9.17) is 0 Å². The summed E-state index contributed by atoms with van der Waals surface area (Å²) in [5, 5.41) is 0. The maximum absolute atomic E-state index is 12.6. The molecule has 0 aromatic heterocycles. The van der Waals surface area contributed by atoms with Crippen LogP contribution in [0.15, 0.2) is 109 Å². The van der Waals surface area contributed by atoms with Crippen molar-refractivity contribution in [3.63, 3.8) is 0 Å². The summed E-state index contributed by atoms with van der Waals surface area (Å²) in [6, 6.07) is 33.9. The summed E-state index contributed by atoms with van der Waals surface area (Å²) in [7, 11) is 0. The zero-order valence-electron chi connectivity index (χ0n) is 16.7. The average molecular weight is 389 g/mol. The van der Waals surface area contributed by atoms with Crippen LogP contribution in [0.2, 0.25) is 0 Å². The molecule has 144 valence electrons. The van der Waals surface area contributed by atoms with E-state index in [9.17, 15) is 9.59 Å². The molecule has 2 heteroatoms. The SMILES string of the molecule is C[C+](c1ccc(C(=O)c2ccccc2)cc1)c1ccc(C(=O)c2ccccc2)cc1. The van der Waals surface area contributed by atoms with Crippen LogP contribution in [0.5, 0.6) is 0 Å². The van der Waals surface area contributed by atoms with E-state index in [-0.39, 0.29) is 11.6 Å². The van der Waals surface area contributed by atoms with Gasteiger partial charge in [0.25, 0.3) is 0 Å². The van der Waals surface area contributed by atoms with Gasteiger partial charge in [-0.3, -0.25) is 9.59 Å². The summed E-state index contributed by atoms with van der Waals surface area (Å²) in [6.45, 7) is 2.04. The van der Waals surface area contributed by atoms with Crippen LogP contribution in [0.1, 0.15) is 49.9 Å². The fourth-order valence-corrected chi connectivity index (χ4v) is 3.42. The Morgan fingerprint density at radius 1 is 0.467 bits per heavy atom. The number of benzene rings is 4. The molecule has 0 saturated heterocycles. The van der Waals surface area contributed by atoms with Crippen molar-refractivity contribution in [3.8, 4) is 0 Å². The van der Waals surface area contributed by atoms with Crippen molar-refractivity contribution in [2.45, 2.75) is 6.92 Å². The second-order valence-electron chi connectivity index (χ2n) is 7.17. The molecule has 0 aliphatic carbocycles. The smallest absolute Gasteiger partial charge is 0.194 e. The normalized spacial score (nSPS) is 10.4. The largest absolute Gasteiger partial charge is 0.289 e. The number of ketones is 2. The molecular formula is C28H21O2+. The Morgan fingerprint density at radius 3 is 1.10 bits per heavy atom. The molecule has 0 atom stereocenters. The van der Waals surface area contributed by atoms with Gasteiger partial charge in [0, 0.05) is 52.4 Å². The minimum absolute atomic E-state index is 0.0172. The second-order valence-corrected chi connectivity index (χ2v) is 7.17. The predicted octanol–water partition coefficient (Wildman–Crippen LogP) is 6.14. The lowest BCUT2D eigenvalue weighted by molar-refractivity contribution is 0.103. The Bertz CT molecular complexity index is 1050. The minimum atomic E-state index is 0.0172. The standard InChI is InChI=1S/C28H21O2/c1-20(21-12-16-25(17-13-21)27(29)23-8-4-2-5-9-23)22-14-18-26(19-15-22)28(30)24-10-6-3-7-11-24/h2-19H,1H3/q+1. The molecule has 0 fully saturated rings. The molecule has 0 amide bonds. The van der Waals surface area contributed by atoms with E-state index < -0.39 is 0 Å². The predicted molar refractivity (Wildman–Crippen MR) is 120 cm³/mol. The van der Waals surface area contributed by atoms with Gasteiger partial charge in [-0.2, -0.15) is 0 Å². The average Bonchev–Trinajstić information content (AvgIpc) is 2.84. The molecule has 0 N–H and O–H groups in total. The zero-order valence-corrected chi connectivity index (χ0v) is 16.7. The fourth-order valence-electron chi connectivity index (χ4n) is 3.42. The molecular weight excluding hydrogens is 368 g/mol. The fraction of sp³-hybridized carbons (Fsp3) is 0.0357. The highest BCUT2D eigenvalue weighted by Gasteiger charge is 2.18. The summed E-state index contributed by atoms with van der Waals surface area (Å²) in [6.07, 6.45) is 0. The third-order valence-electron chi connectivity index (χ3n) is 5.23. The van der Waals surface area contributed by atoms with Crippen LogP contribution in [0.3, 0.4) is 0 Å². The van der Waals surface area contributed by atoms with Gasteiger partial charge >= 0.3 is 0 Å². The van der Waals surface area contributed by atoms with E-state index in [1.54, 1.807) is 0 Å². The summed E-state index contributed by atoms with van der Waals surface area (Å²) >= 11 is 0. The molecule has 0 spiro atoms. The number of rotatable bonds is 6. The van der Waals surface area contributed by atoms with Crippen LogP contribution >= 0.6 is 0 Å². The molecule has 0 bridgehead atoms. The molecule has 2 nitrogen and oxygen atoms in total. The molecule has 0 unspecified atom stereocenters. The van der Waals surface area contributed by atoms with Gasteiger partial charge in [-0.05, 0) is 31.2 Å². The summed E-state index contributed by atoms with van der Waals surface area (Å²) in [4.78, 5) is 25.2. The van der Waals surface area contributed by atoms with Gasteiger partial charge < -0.3 is 0 Å². The van der Waals surface area contributed by atoms with E-state index in [1.807, 2.05) is 116 Å². The molecule has 4 aromatic carbocycles. The van der Waals surface area contributed by atoms with Gasteiger partial charge in [-0.25, -0.2) is 0 Å². The Kier molecular flexibility index (Phi) is 5.58. The van der Waals surface area contributed by atoms with Gasteiger partial charge in [-0.15, -0.1) is 0 Å². The lowest BCUT2D eigenvalue weighted by atomic mass is 9.90. The number of hydrogen-bond acceptors (Lipinski definition) is 2. The van der Waals surface area contributed by atoms with E-state index in [0.29, 0.717) is 22.3 Å². The Morgan fingerprint density at radius 2 is 0.767 bits per heavy atom. The van der Waals surface area contributed by atoms with E-state index in [2.05, 4.69) is 0 Å². The van der Waals surface area contributed by atoms with Gasteiger partial charge in [0.05, 0.1) is 11.1 Å². The molecule has 4 rings (SSSR count). The molecule has 30 heavy (non-hydrogen) atoms. The number of hydrogen-bond donors (Lipinski definition) is 0. The van der Waals surface area contributed by atoms with E-state index in [0.717, 1.165) is 17.0 Å². The van der Waals surface area contributed by atoms with E-state index >= 15 is 0 Å². The molecule has 0 aliphatic rings. The molecule has 0 saturated carbocycles. The van der Waals surface area contributed by atoms with Crippen LogP contribution in [0, 0.1) is 5.92 Å². The van der Waals surface area contributed by atoms with Crippen LogP contribution in [0.25, 0.3) is 0 Å². The topological polar surface area (TPSA) is 34.1 Å². The van der Waals surface area contributed by atoms with Crippen molar-refractivity contribution in [2.75, 3.05) is 0 Å². The first-order valence-electron chi connectivity index (χ1n) is 9.87. The summed E-state index contributed by atoms with van der Waals surface area (Å²) < 4.78 is 0. The van der Waals surface area contributed by atoms with Crippen LogP contribution in [-0.4, -0.2) is 11.6 Å². The third kappa shape index (κ3) is 4.08. The Balaban J connectivity index is 1.50. The van der Waals surface area contributed by atoms with E-state index in [1.165, 1.54) is 0 Å². The Hall–Kier alpha value is -3.91. The quantitative estimate of drug-likeness (QED) is 0.293. The lowest BCUT2D eigenvalue weighted by Crippen LogP contribution is -2.04. The van der Waals surface area contributed by atoms with Crippen LogP contribution < -0.4 is 0 Å². The first-order valence-corrected chi connectivity index (χ1v) is 9.87. The lowest BCUT2D eigenvalue weighted by Gasteiger charge is -2.08. The van der Waals surface area contributed by atoms with Gasteiger partial charge in [0.15, 0.2) is 11.6 Å². The highest BCUT2D eigenvalue weighted by molar-refractivity contribution is 6.09. The van der Waals surface area contributed by atoms with Gasteiger partial charge in [0.1, 0.15) is 0 Å². The maximum Gasteiger partial charge on any atom is 0.194 e. The van der Waals surface area contributed by atoms with Crippen molar-refractivity contribution >= 4 is 11.6 Å². The molecule has 4 aromatic rings. The second kappa shape index (κ2) is 8.62. The van der Waals surface area contributed by atoms with Crippen LogP contribution in [0.4, 0.5) is 0 Å². The van der Waals surface area contributed by atoms with Crippen molar-refractivity contribution in [1.82, 2.24) is 0 Å². The highest BCUT2D eigenvalue weighted by Crippen LogP contribution is 2.25. The summed E-state index contributed by atoms with van der Waals surface area (Å²) in [5.41, 5.74) is 4.79. The maximum atomic E-state index is 12.6. The van der Waals surface area contributed by atoms with Crippen molar-refractivity contribution < 1.29 is 9.59 Å². The van der Waals surface area contributed by atoms with Gasteiger partial charge in [-0.1, -0.05) is 60.7 Å².